The van der Waals surface area contributed by atoms with Crippen LogP contribution >= 0.6 is 12.2 Å². The second-order valence-electron chi connectivity index (χ2n) is 4.56. The molecule has 1 heterocycles. The first-order valence-corrected chi connectivity index (χ1v) is 6.64. The van der Waals surface area contributed by atoms with Crippen molar-refractivity contribution in [3.05, 3.63) is 70.0 Å². The number of halogens is 1. The molecular formula is C15H11FN2O2S. The van der Waals surface area contributed by atoms with Gasteiger partial charge in [0, 0.05) is 11.1 Å². The van der Waals surface area contributed by atoms with Crippen LogP contribution in [0, 0.1) is 5.82 Å². The molecule has 4 nitrogen and oxygen atoms in total. The van der Waals surface area contributed by atoms with Crippen LogP contribution in [0.5, 0.6) is 0 Å². The SMILES string of the molecule is NC(=S)c1cccc(Cn2c(=O)oc3ccccc32)c1F. The molecule has 0 amide bonds. The molecule has 1 aromatic heterocycles. The molecular weight excluding hydrogens is 291 g/mol. The standard InChI is InChI=1S/C15H11FN2O2S/c16-13-9(4-3-5-10(13)14(17)21)8-18-11-6-1-2-7-12(11)20-15(18)19/h1-7H,8H2,(H2,17,21). The third kappa shape index (κ3) is 2.34. The van der Waals surface area contributed by atoms with Crippen LogP contribution in [-0.4, -0.2) is 9.56 Å². The maximum Gasteiger partial charge on any atom is 0.420 e. The molecule has 0 aliphatic heterocycles. The average Bonchev–Trinajstić information content (AvgIpc) is 2.77. The minimum absolute atomic E-state index is 0.0150. The van der Waals surface area contributed by atoms with Crippen molar-refractivity contribution in [2.45, 2.75) is 6.54 Å². The topological polar surface area (TPSA) is 61.2 Å². The number of hydrogen-bond donors (Lipinski definition) is 1. The lowest BCUT2D eigenvalue weighted by atomic mass is 10.1. The van der Waals surface area contributed by atoms with E-state index in [4.69, 9.17) is 22.4 Å². The molecule has 0 aliphatic rings. The monoisotopic (exact) mass is 302 g/mol. The largest absolute Gasteiger partial charge is 0.420 e. The highest BCUT2D eigenvalue weighted by Gasteiger charge is 2.14. The minimum atomic E-state index is -0.531. The Bertz CT molecular complexity index is 898. The minimum Gasteiger partial charge on any atom is -0.408 e. The number of fused-ring (bicyclic) bond motifs is 1. The first-order valence-electron chi connectivity index (χ1n) is 6.23. The molecule has 106 valence electrons. The third-order valence-electron chi connectivity index (χ3n) is 3.25. The number of hydrogen-bond acceptors (Lipinski definition) is 3. The lowest BCUT2D eigenvalue weighted by molar-refractivity contribution is 0.512. The van der Waals surface area contributed by atoms with Crippen LogP contribution in [0.4, 0.5) is 4.39 Å². The second kappa shape index (κ2) is 5.14. The van der Waals surface area contributed by atoms with Crippen molar-refractivity contribution in [3.8, 4) is 0 Å². The van der Waals surface area contributed by atoms with Crippen LogP contribution in [0.3, 0.4) is 0 Å². The Morgan fingerprint density at radius 3 is 2.76 bits per heavy atom. The van der Waals surface area contributed by atoms with Gasteiger partial charge in [0.2, 0.25) is 0 Å². The fourth-order valence-electron chi connectivity index (χ4n) is 2.23. The van der Waals surface area contributed by atoms with E-state index in [0.29, 0.717) is 16.7 Å². The van der Waals surface area contributed by atoms with Gasteiger partial charge >= 0.3 is 5.76 Å². The maximum absolute atomic E-state index is 14.3. The first kappa shape index (κ1) is 13.5. The van der Waals surface area contributed by atoms with E-state index in [9.17, 15) is 9.18 Å². The van der Waals surface area contributed by atoms with Crippen molar-refractivity contribution in [2.75, 3.05) is 0 Å². The van der Waals surface area contributed by atoms with Crippen LogP contribution in [0.2, 0.25) is 0 Å². The molecule has 0 saturated carbocycles. The summed E-state index contributed by atoms with van der Waals surface area (Å²) >= 11 is 4.81. The molecule has 2 aromatic carbocycles. The number of para-hydroxylation sites is 2. The number of aromatic nitrogens is 1. The molecule has 2 N–H and O–H groups in total. The molecule has 0 bridgehead atoms. The number of nitrogens with zero attached hydrogens (tertiary/aromatic N) is 1. The quantitative estimate of drug-likeness (QED) is 0.755. The summed E-state index contributed by atoms with van der Waals surface area (Å²) in [5.74, 6) is -1.04. The van der Waals surface area contributed by atoms with Crippen LogP contribution in [0.1, 0.15) is 11.1 Å². The summed E-state index contributed by atoms with van der Waals surface area (Å²) in [6.07, 6.45) is 0. The molecule has 3 aromatic rings. The van der Waals surface area contributed by atoms with Crippen LogP contribution in [-0.2, 0) is 6.54 Å². The summed E-state index contributed by atoms with van der Waals surface area (Å²) in [6, 6.07) is 11.7. The van der Waals surface area contributed by atoms with Crippen molar-refractivity contribution in [2.24, 2.45) is 5.73 Å². The first-order chi connectivity index (χ1) is 10.1. The van der Waals surface area contributed by atoms with E-state index in [-0.39, 0.29) is 17.1 Å². The van der Waals surface area contributed by atoms with E-state index in [1.807, 2.05) is 0 Å². The summed E-state index contributed by atoms with van der Waals surface area (Å²) in [5, 5.41) is 0. The van der Waals surface area contributed by atoms with E-state index in [1.54, 1.807) is 36.4 Å². The van der Waals surface area contributed by atoms with Crippen molar-refractivity contribution < 1.29 is 8.81 Å². The van der Waals surface area contributed by atoms with E-state index in [1.165, 1.54) is 10.6 Å². The van der Waals surface area contributed by atoms with Crippen molar-refractivity contribution >= 4 is 28.3 Å². The van der Waals surface area contributed by atoms with E-state index in [2.05, 4.69) is 0 Å². The Balaban J connectivity index is 2.11. The fourth-order valence-corrected chi connectivity index (χ4v) is 2.38. The van der Waals surface area contributed by atoms with Crippen molar-refractivity contribution in [3.63, 3.8) is 0 Å². The maximum atomic E-state index is 14.3. The molecule has 0 aliphatic carbocycles. The number of benzene rings is 2. The van der Waals surface area contributed by atoms with Gasteiger partial charge in [-0.3, -0.25) is 4.57 Å². The van der Waals surface area contributed by atoms with Gasteiger partial charge in [0.25, 0.3) is 0 Å². The average molecular weight is 302 g/mol. The summed E-state index contributed by atoms with van der Waals surface area (Å²) in [7, 11) is 0. The van der Waals surface area contributed by atoms with Gasteiger partial charge in [0.05, 0.1) is 12.1 Å². The van der Waals surface area contributed by atoms with E-state index >= 15 is 0 Å². The second-order valence-corrected chi connectivity index (χ2v) is 5.00. The summed E-state index contributed by atoms with van der Waals surface area (Å²) in [5.41, 5.74) is 7.06. The van der Waals surface area contributed by atoms with Gasteiger partial charge < -0.3 is 10.2 Å². The number of thiocarbonyl (C=S) groups is 1. The third-order valence-corrected chi connectivity index (χ3v) is 3.47. The molecule has 0 fully saturated rings. The molecule has 0 radical (unpaired) electrons. The van der Waals surface area contributed by atoms with Crippen LogP contribution in [0.25, 0.3) is 11.1 Å². The number of rotatable bonds is 3. The fraction of sp³-hybridized carbons (Fsp3) is 0.0667. The normalized spacial score (nSPS) is 10.9. The summed E-state index contributed by atoms with van der Waals surface area (Å²) in [6.45, 7) is 0.0537. The van der Waals surface area contributed by atoms with Gasteiger partial charge in [-0.05, 0) is 18.2 Å². The molecule has 0 atom stereocenters. The molecule has 3 rings (SSSR count). The Labute approximate surface area is 124 Å². The molecule has 0 saturated heterocycles. The van der Waals surface area contributed by atoms with Crippen molar-refractivity contribution in [1.82, 2.24) is 4.57 Å². The Morgan fingerprint density at radius 1 is 1.24 bits per heavy atom. The van der Waals surface area contributed by atoms with Gasteiger partial charge in [0.1, 0.15) is 10.8 Å². The van der Waals surface area contributed by atoms with E-state index < -0.39 is 11.6 Å². The molecule has 0 unspecified atom stereocenters. The Morgan fingerprint density at radius 2 is 2.00 bits per heavy atom. The highest BCUT2D eigenvalue weighted by Crippen LogP contribution is 2.17. The van der Waals surface area contributed by atoms with Gasteiger partial charge in [-0.15, -0.1) is 0 Å². The predicted molar refractivity (Wildman–Crippen MR) is 81.9 cm³/mol. The van der Waals surface area contributed by atoms with Crippen LogP contribution in [0.15, 0.2) is 51.7 Å². The molecule has 21 heavy (non-hydrogen) atoms. The van der Waals surface area contributed by atoms with Crippen LogP contribution < -0.4 is 11.5 Å². The van der Waals surface area contributed by atoms with Gasteiger partial charge in [-0.1, -0.05) is 36.5 Å². The lowest BCUT2D eigenvalue weighted by Gasteiger charge is -2.07. The Kier molecular flexibility index (Phi) is 3.31. The van der Waals surface area contributed by atoms with Gasteiger partial charge in [-0.2, -0.15) is 0 Å². The highest BCUT2D eigenvalue weighted by molar-refractivity contribution is 7.80. The zero-order valence-electron chi connectivity index (χ0n) is 10.9. The summed E-state index contributed by atoms with van der Waals surface area (Å²) in [4.78, 5) is 11.9. The Hall–Kier alpha value is -2.47. The zero-order chi connectivity index (χ0) is 15.0. The predicted octanol–water partition coefficient (Wildman–Crippen LogP) is 2.42. The number of nitrogens with two attached hydrogens (primary N) is 1. The molecule has 6 heteroatoms. The highest BCUT2D eigenvalue weighted by atomic mass is 32.1. The van der Waals surface area contributed by atoms with Gasteiger partial charge in [0.15, 0.2) is 5.58 Å². The zero-order valence-corrected chi connectivity index (χ0v) is 11.7. The smallest absolute Gasteiger partial charge is 0.408 e. The lowest BCUT2D eigenvalue weighted by Crippen LogP contribution is -2.18. The molecule has 0 spiro atoms. The van der Waals surface area contributed by atoms with E-state index in [0.717, 1.165) is 0 Å². The van der Waals surface area contributed by atoms with Gasteiger partial charge in [-0.25, -0.2) is 9.18 Å². The number of oxazole rings is 1. The van der Waals surface area contributed by atoms with Crippen molar-refractivity contribution in [1.29, 1.82) is 0 Å². The summed E-state index contributed by atoms with van der Waals surface area (Å²) < 4.78 is 20.8.